The molecule has 0 aliphatic carbocycles. The van der Waals surface area contributed by atoms with E-state index >= 15 is 0 Å². The number of alkyl halides is 1. The Morgan fingerprint density at radius 3 is 2.65 bits per heavy atom. The SMILES string of the molecule is CC(C)Oc1ccnc(NC(C)C(C)CCl)n1. The first kappa shape index (κ1) is 14.0. The molecule has 1 aromatic heterocycles. The van der Waals surface area contributed by atoms with Gasteiger partial charge in [0.2, 0.25) is 11.8 Å². The van der Waals surface area contributed by atoms with Crippen LogP contribution in [0.2, 0.25) is 0 Å². The van der Waals surface area contributed by atoms with Gasteiger partial charge >= 0.3 is 0 Å². The first-order valence-corrected chi connectivity index (χ1v) is 6.38. The van der Waals surface area contributed by atoms with Crippen molar-refractivity contribution in [2.45, 2.75) is 39.8 Å². The number of ether oxygens (including phenoxy) is 1. The van der Waals surface area contributed by atoms with E-state index in [9.17, 15) is 0 Å². The van der Waals surface area contributed by atoms with Gasteiger partial charge in [0.05, 0.1) is 6.10 Å². The molecule has 17 heavy (non-hydrogen) atoms. The molecule has 0 aliphatic rings. The Kier molecular flexibility index (Phi) is 5.48. The number of aromatic nitrogens is 2. The van der Waals surface area contributed by atoms with E-state index in [1.165, 1.54) is 0 Å². The van der Waals surface area contributed by atoms with Crippen molar-refractivity contribution in [1.29, 1.82) is 0 Å². The minimum absolute atomic E-state index is 0.108. The lowest BCUT2D eigenvalue weighted by molar-refractivity contribution is 0.232. The summed E-state index contributed by atoms with van der Waals surface area (Å²) in [7, 11) is 0. The lowest BCUT2D eigenvalue weighted by atomic mass is 10.1. The second kappa shape index (κ2) is 6.64. The van der Waals surface area contributed by atoms with Gasteiger partial charge in [0, 0.05) is 24.2 Å². The maximum absolute atomic E-state index is 5.81. The number of halogens is 1. The van der Waals surface area contributed by atoms with E-state index in [0.29, 0.717) is 23.6 Å². The van der Waals surface area contributed by atoms with E-state index < -0.39 is 0 Å². The van der Waals surface area contributed by atoms with E-state index in [1.54, 1.807) is 12.3 Å². The second-order valence-corrected chi connectivity index (χ2v) is 4.76. The van der Waals surface area contributed by atoms with Crippen LogP contribution in [0.5, 0.6) is 5.88 Å². The lowest BCUT2D eigenvalue weighted by Crippen LogP contribution is -2.26. The van der Waals surface area contributed by atoms with Crippen LogP contribution in [0.1, 0.15) is 27.7 Å². The highest BCUT2D eigenvalue weighted by Gasteiger charge is 2.12. The van der Waals surface area contributed by atoms with Gasteiger partial charge in [-0.15, -0.1) is 11.6 Å². The number of hydrogen-bond donors (Lipinski definition) is 1. The van der Waals surface area contributed by atoms with Crippen LogP contribution < -0.4 is 10.1 Å². The van der Waals surface area contributed by atoms with Crippen molar-refractivity contribution >= 4 is 17.5 Å². The van der Waals surface area contributed by atoms with Crippen LogP contribution in [0.4, 0.5) is 5.95 Å². The molecule has 0 spiro atoms. The van der Waals surface area contributed by atoms with Crippen molar-refractivity contribution in [3.63, 3.8) is 0 Å². The van der Waals surface area contributed by atoms with Gasteiger partial charge in [-0.2, -0.15) is 4.98 Å². The smallest absolute Gasteiger partial charge is 0.226 e. The average Bonchev–Trinajstić information content (AvgIpc) is 2.27. The van der Waals surface area contributed by atoms with Crippen molar-refractivity contribution < 1.29 is 4.74 Å². The largest absolute Gasteiger partial charge is 0.475 e. The Balaban J connectivity index is 2.65. The maximum Gasteiger partial charge on any atom is 0.226 e. The molecule has 4 nitrogen and oxygen atoms in total. The quantitative estimate of drug-likeness (QED) is 0.796. The highest BCUT2D eigenvalue weighted by molar-refractivity contribution is 6.18. The normalized spacial score (nSPS) is 14.5. The molecule has 0 fully saturated rings. The third kappa shape index (κ3) is 4.77. The molecule has 2 atom stereocenters. The summed E-state index contributed by atoms with van der Waals surface area (Å²) in [6.07, 6.45) is 1.79. The van der Waals surface area contributed by atoms with Gasteiger partial charge in [0.15, 0.2) is 0 Å². The van der Waals surface area contributed by atoms with Gasteiger partial charge in [-0.3, -0.25) is 0 Å². The summed E-state index contributed by atoms with van der Waals surface area (Å²) in [6, 6.07) is 1.97. The second-order valence-electron chi connectivity index (χ2n) is 4.45. The fourth-order valence-corrected chi connectivity index (χ4v) is 1.47. The summed E-state index contributed by atoms with van der Waals surface area (Å²) in [5.74, 6) is 2.13. The van der Waals surface area contributed by atoms with E-state index in [2.05, 4.69) is 29.1 Å². The zero-order valence-electron chi connectivity index (χ0n) is 10.8. The van der Waals surface area contributed by atoms with Crippen LogP contribution in [0.15, 0.2) is 12.3 Å². The summed E-state index contributed by atoms with van der Waals surface area (Å²) >= 11 is 5.81. The van der Waals surface area contributed by atoms with E-state index in [0.717, 1.165) is 0 Å². The highest BCUT2D eigenvalue weighted by atomic mass is 35.5. The molecule has 0 saturated carbocycles. The van der Waals surface area contributed by atoms with Gasteiger partial charge < -0.3 is 10.1 Å². The molecule has 1 heterocycles. The average molecular weight is 258 g/mol. The Labute approximate surface area is 108 Å². The number of hydrogen-bond acceptors (Lipinski definition) is 4. The molecule has 1 N–H and O–H groups in total. The first-order valence-electron chi connectivity index (χ1n) is 5.85. The van der Waals surface area contributed by atoms with Crippen molar-refractivity contribution in [1.82, 2.24) is 9.97 Å². The van der Waals surface area contributed by atoms with Crippen molar-refractivity contribution in [3.05, 3.63) is 12.3 Å². The van der Waals surface area contributed by atoms with E-state index in [-0.39, 0.29) is 12.1 Å². The number of anilines is 1. The molecule has 0 aromatic carbocycles. The van der Waals surface area contributed by atoms with Crippen molar-refractivity contribution in [2.24, 2.45) is 5.92 Å². The maximum atomic E-state index is 5.81. The monoisotopic (exact) mass is 257 g/mol. The molecule has 1 aromatic rings. The predicted molar refractivity (Wildman–Crippen MR) is 70.8 cm³/mol. The fraction of sp³-hybridized carbons (Fsp3) is 0.667. The molecule has 0 bridgehead atoms. The molecule has 0 radical (unpaired) electrons. The summed E-state index contributed by atoms with van der Waals surface area (Å²) in [5.41, 5.74) is 0. The van der Waals surface area contributed by atoms with E-state index in [4.69, 9.17) is 16.3 Å². The van der Waals surface area contributed by atoms with Gasteiger partial charge in [-0.25, -0.2) is 4.98 Å². The van der Waals surface area contributed by atoms with Crippen LogP contribution in [-0.4, -0.2) is 28.0 Å². The third-order valence-electron chi connectivity index (χ3n) is 2.44. The molecular formula is C12H20ClN3O. The number of nitrogens with one attached hydrogen (secondary N) is 1. The molecule has 2 unspecified atom stereocenters. The zero-order valence-corrected chi connectivity index (χ0v) is 11.5. The van der Waals surface area contributed by atoms with Crippen LogP contribution in [-0.2, 0) is 0 Å². The van der Waals surface area contributed by atoms with Crippen molar-refractivity contribution in [3.8, 4) is 5.88 Å². The molecule has 5 heteroatoms. The Morgan fingerprint density at radius 1 is 1.35 bits per heavy atom. The van der Waals surface area contributed by atoms with Gasteiger partial charge in [0.25, 0.3) is 0 Å². The summed E-state index contributed by atoms with van der Waals surface area (Å²) in [5, 5.41) is 3.22. The first-order chi connectivity index (χ1) is 8.02. The van der Waals surface area contributed by atoms with E-state index in [1.807, 2.05) is 13.8 Å². The number of rotatable bonds is 6. The predicted octanol–water partition coefficient (Wildman–Crippen LogP) is 2.94. The van der Waals surface area contributed by atoms with Crippen LogP contribution in [0, 0.1) is 5.92 Å². The molecule has 96 valence electrons. The van der Waals surface area contributed by atoms with Gasteiger partial charge in [0.1, 0.15) is 0 Å². The zero-order chi connectivity index (χ0) is 12.8. The fourth-order valence-electron chi connectivity index (χ4n) is 1.20. The number of nitrogens with zero attached hydrogens (tertiary/aromatic N) is 2. The standard InChI is InChI=1S/C12H20ClN3O/c1-8(2)17-11-5-6-14-12(16-11)15-10(4)9(3)7-13/h5-6,8-10H,7H2,1-4H3,(H,14,15,16). The summed E-state index contributed by atoms with van der Waals surface area (Å²) < 4.78 is 5.51. The summed E-state index contributed by atoms with van der Waals surface area (Å²) in [4.78, 5) is 8.44. The third-order valence-corrected chi connectivity index (χ3v) is 2.93. The van der Waals surface area contributed by atoms with Crippen LogP contribution in [0.3, 0.4) is 0 Å². The Morgan fingerprint density at radius 2 is 2.06 bits per heavy atom. The highest BCUT2D eigenvalue weighted by Crippen LogP contribution is 2.13. The molecule has 0 aliphatic heterocycles. The topological polar surface area (TPSA) is 47.0 Å². The van der Waals surface area contributed by atoms with Gasteiger partial charge in [-0.05, 0) is 26.7 Å². The Bertz CT molecular complexity index is 346. The molecule has 0 saturated heterocycles. The minimum Gasteiger partial charge on any atom is -0.475 e. The molecule has 0 amide bonds. The lowest BCUT2D eigenvalue weighted by Gasteiger charge is -2.19. The summed E-state index contributed by atoms with van der Waals surface area (Å²) in [6.45, 7) is 8.08. The minimum atomic E-state index is 0.108. The van der Waals surface area contributed by atoms with Crippen LogP contribution in [0.25, 0.3) is 0 Å². The van der Waals surface area contributed by atoms with Crippen LogP contribution >= 0.6 is 11.6 Å². The Hall–Kier alpha value is -1.03. The van der Waals surface area contributed by atoms with Crippen molar-refractivity contribution in [2.75, 3.05) is 11.2 Å². The molecular weight excluding hydrogens is 238 g/mol. The van der Waals surface area contributed by atoms with Gasteiger partial charge in [-0.1, -0.05) is 6.92 Å². The molecule has 1 rings (SSSR count).